The van der Waals surface area contributed by atoms with Crippen LogP contribution in [0.4, 0.5) is 0 Å². The SMILES string of the molecule is Cc1nn(Cc2ccccc2)c(Cl)c1C(=O)N(C)CC(O)C1CC1. The molecule has 0 radical (unpaired) electrons. The minimum atomic E-state index is -0.461. The number of aryl methyl sites for hydroxylation is 1. The molecule has 1 unspecified atom stereocenters. The summed E-state index contributed by atoms with van der Waals surface area (Å²) >= 11 is 6.42. The van der Waals surface area contributed by atoms with Gasteiger partial charge in [-0.1, -0.05) is 41.9 Å². The number of benzene rings is 1. The van der Waals surface area contributed by atoms with Crippen LogP contribution in [0.3, 0.4) is 0 Å². The van der Waals surface area contributed by atoms with Crippen molar-refractivity contribution in [3.63, 3.8) is 0 Å². The minimum absolute atomic E-state index is 0.198. The second-order valence-electron chi connectivity index (χ2n) is 6.48. The van der Waals surface area contributed by atoms with Gasteiger partial charge in [-0.15, -0.1) is 0 Å². The zero-order valence-corrected chi connectivity index (χ0v) is 14.7. The number of aliphatic hydroxyl groups excluding tert-OH is 1. The molecule has 1 amide bonds. The molecule has 1 aromatic heterocycles. The molecule has 128 valence electrons. The van der Waals surface area contributed by atoms with Crippen molar-refractivity contribution in [3.05, 3.63) is 52.3 Å². The molecule has 1 fully saturated rings. The van der Waals surface area contributed by atoms with E-state index in [0.29, 0.717) is 35.4 Å². The van der Waals surface area contributed by atoms with E-state index in [1.54, 1.807) is 18.7 Å². The highest BCUT2D eigenvalue weighted by Crippen LogP contribution is 2.33. The minimum Gasteiger partial charge on any atom is -0.391 e. The Balaban J connectivity index is 1.76. The first-order chi connectivity index (χ1) is 11.5. The Labute approximate surface area is 146 Å². The Bertz CT molecular complexity index is 725. The molecule has 2 aromatic rings. The highest BCUT2D eigenvalue weighted by molar-refractivity contribution is 6.33. The third kappa shape index (κ3) is 3.62. The molecule has 1 atom stereocenters. The topological polar surface area (TPSA) is 58.4 Å². The number of carbonyl (C=O) groups is 1. The van der Waals surface area contributed by atoms with Crippen molar-refractivity contribution >= 4 is 17.5 Å². The lowest BCUT2D eigenvalue weighted by atomic mass is 10.2. The maximum atomic E-state index is 12.7. The lowest BCUT2D eigenvalue weighted by Crippen LogP contribution is -2.35. The average Bonchev–Trinajstić information content (AvgIpc) is 3.36. The molecule has 5 nitrogen and oxygen atoms in total. The number of halogens is 1. The van der Waals surface area contributed by atoms with Crippen molar-refractivity contribution in [3.8, 4) is 0 Å². The summed E-state index contributed by atoms with van der Waals surface area (Å²) in [6, 6.07) is 9.85. The molecule has 3 rings (SSSR count). The Kier molecular flexibility index (Phi) is 4.92. The Morgan fingerprint density at radius 1 is 1.42 bits per heavy atom. The van der Waals surface area contributed by atoms with Crippen LogP contribution in [-0.4, -0.2) is 45.4 Å². The Hall–Kier alpha value is -1.85. The van der Waals surface area contributed by atoms with Crippen LogP contribution in [0.5, 0.6) is 0 Å². The molecule has 1 aliphatic rings. The summed E-state index contributed by atoms with van der Waals surface area (Å²) in [6.07, 6.45) is 1.62. The maximum Gasteiger partial charge on any atom is 0.258 e. The van der Waals surface area contributed by atoms with Gasteiger partial charge >= 0.3 is 0 Å². The molecule has 24 heavy (non-hydrogen) atoms. The zero-order chi connectivity index (χ0) is 17.3. The van der Waals surface area contributed by atoms with E-state index in [-0.39, 0.29) is 5.91 Å². The Morgan fingerprint density at radius 2 is 2.08 bits per heavy atom. The van der Waals surface area contributed by atoms with Gasteiger partial charge in [0.05, 0.1) is 23.9 Å². The van der Waals surface area contributed by atoms with E-state index in [1.807, 2.05) is 30.3 Å². The van der Waals surface area contributed by atoms with Crippen molar-refractivity contribution in [1.29, 1.82) is 0 Å². The molecule has 1 saturated carbocycles. The number of amides is 1. The second-order valence-corrected chi connectivity index (χ2v) is 6.84. The molecule has 0 spiro atoms. The lowest BCUT2D eigenvalue weighted by Gasteiger charge is -2.20. The van der Waals surface area contributed by atoms with Gasteiger partial charge in [0, 0.05) is 13.6 Å². The summed E-state index contributed by atoms with van der Waals surface area (Å²) in [5.41, 5.74) is 2.09. The number of hydrogen-bond acceptors (Lipinski definition) is 3. The first-order valence-electron chi connectivity index (χ1n) is 8.17. The highest BCUT2D eigenvalue weighted by Gasteiger charge is 2.32. The van der Waals surface area contributed by atoms with Gasteiger partial charge in [-0.2, -0.15) is 5.10 Å². The molecule has 0 bridgehead atoms. The van der Waals surface area contributed by atoms with Crippen LogP contribution in [-0.2, 0) is 6.54 Å². The first-order valence-corrected chi connectivity index (χ1v) is 8.55. The predicted molar refractivity (Wildman–Crippen MR) is 93.2 cm³/mol. The normalized spacial score (nSPS) is 15.3. The summed E-state index contributed by atoms with van der Waals surface area (Å²) in [7, 11) is 1.69. The van der Waals surface area contributed by atoms with E-state index in [4.69, 9.17) is 11.6 Å². The van der Waals surface area contributed by atoms with Gasteiger partial charge in [0.15, 0.2) is 0 Å². The third-order valence-electron chi connectivity index (χ3n) is 4.43. The van der Waals surface area contributed by atoms with Crippen molar-refractivity contribution in [2.45, 2.75) is 32.4 Å². The highest BCUT2D eigenvalue weighted by atomic mass is 35.5. The number of nitrogens with zero attached hydrogens (tertiary/aromatic N) is 3. The second kappa shape index (κ2) is 6.95. The number of aromatic nitrogens is 2. The molecule has 1 heterocycles. The first kappa shape index (κ1) is 17.0. The molecular formula is C18H22ClN3O2. The number of likely N-dealkylation sites (N-methyl/N-ethyl adjacent to an activating group) is 1. The summed E-state index contributed by atoms with van der Waals surface area (Å²) in [5, 5.41) is 14.8. The number of aliphatic hydroxyl groups is 1. The molecule has 1 aromatic carbocycles. The van der Waals surface area contributed by atoms with Crippen LogP contribution in [0.1, 0.15) is 34.5 Å². The van der Waals surface area contributed by atoms with E-state index in [2.05, 4.69) is 5.10 Å². The lowest BCUT2D eigenvalue weighted by molar-refractivity contribution is 0.0645. The van der Waals surface area contributed by atoms with Crippen LogP contribution in [0, 0.1) is 12.8 Å². The number of hydrogen-bond donors (Lipinski definition) is 1. The van der Waals surface area contributed by atoms with E-state index >= 15 is 0 Å². The van der Waals surface area contributed by atoms with Crippen molar-refractivity contribution in [2.75, 3.05) is 13.6 Å². The predicted octanol–water partition coefficient (Wildman–Crippen LogP) is 2.74. The van der Waals surface area contributed by atoms with Crippen LogP contribution in [0.25, 0.3) is 0 Å². The van der Waals surface area contributed by atoms with Gasteiger partial charge in [-0.3, -0.25) is 4.79 Å². The number of rotatable bonds is 6. The molecule has 1 N–H and O–H groups in total. The van der Waals surface area contributed by atoms with Gasteiger partial charge in [0.2, 0.25) is 0 Å². The quantitative estimate of drug-likeness (QED) is 0.874. The van der Waals surface area contributed by atoms with Crippen molar-refractivity contribution in [1.82, 2.24) is 14.7 Å². The van der Waals surface area contributed by atoms with E-state index in [1.165, 1.54) is 4.90 Å². The molecule has 6 heteroatoms. The molecule has 0 saturated heterocycles. The van der Waals surface area contributed by atoms with Crippen LogP contribution in [0.2, 0.25) is 5.15 Å². The smallest absolute Gasteiger partial charge is 0.258 e. The monoisotopic (exact) mass is 347 g/mol. The van der Waals surface area contributed by atoms with Crippen molar-refractivity contribution in [2.24, 2.45) is 5.92 Å². The summed E-state index contributed by atoms with van der Waals surface area (Å²) in [4.78, 5) is 14.2. The molecule has 0 aliphatic heterocycles. The molecule has 1 aliphatic carbocycles. The summed E-state index contributed by atoms with van der Waals surface area (Å²) in [5.74, 6) is 0.133. The van der Waals surface area contributed by atoms with E-state index in [0.717, 1.165) is 18.4 Å². The fourth-order valence-electron chi connectivity index (χ4n) is 2.84. The van der Waals surface area contributed by atoms with Gasteiger partial charge in [0.25, 0.3) is 5.91 Å². The average molecular weight is 348 g/mol. The van der Waals surface area contributed by atoms with Crippen LogP contribution in [0.15, 0.2) is 30.3 Å². The van der Waals surface area contributed by atoms with Gasteiger partial charge in [-0.25, -0.2) is 4.68 Å². The Morgan fingerprint density at radius 3 is 2.71 bits per heavy atom. The zero-order valence-electron chi connectivity index (χ0n) is 13.9. The van der Waals surface area contributed by atoms with Gasteiger partial charge in [-0.05, 0) is 31.2 Å². The van der Waals surface area contributed by atoms with Gasteiger partial charge < -0.3 is 10.0 Å². The van der Waals surface area contributed by atoms with E-state index < -0.39 is 6.10 Å². The van der Waals surface area contributed by atoms with E-state index in [9.17, 15) is 9.90 Å². The van der Waals surface area contributed by atoms with Crippen LogP contribution < -0.4 is 0 Å². The van der Waals surface area contributed by atoms with Crippen LogP contribution >= 0.6 is 11.6 Å². The van der Waals surface area contributed by atoms with Crippen molar-refractivity contribution < 1.29 is 9.90 Å². The fraction of sp³-hybridized carbons (Fsp3) is 0.444. The maximum absolute atomic E-state index is 12.7. The summed E-state index contributed by atoms with van der Waals surface area (Å²) in [6.45, 7) is 2.62. The summed E-state index contributed by atoms with van der Waals surface area (Å²) < 4.78 is 1.64. The standard InChI is InChI=1S/C18H22ClN3O2/c1-12-16(18(24)21(2)11-15(23)14-8-9-14)17(19)22(20-12)10-13-6-4-3-5-7-13/h3-7,14-15,23H,8-11H2,1-2H3. The number of carbonyl (C=O) groups excluding carboxylic acids is 1. The van der Waals surface area contributed by atoms with Gasteiger partial charge in [0.1, 0.15) is 5.15 Å². The molecular weight excluding hydrogens is 326 g/mol. The third-order valence-corrected chi connectivity index (χ3v) is 4.81. The fourth-order valence-corrected chi connectivity index (χ4v) is 3.16. The largest absolute Gasteiger partial charge is 0.391 e.